The lowest BCUT2D eigenvalue weighted by molar-refractivity contribution is 0.0951. The van der Waals surface area contributed by atoms with Crippen molar-refractivity contribution in [3.05, 3.63) is 66.0 Å². The van der Waals surface area contributed by atoms with E-state index >= 15 is 0 Å². The molecular formula is C20H22N4O3S. The molecule has 8 heteroatoms. The number of carbonyl (C=O) groups excluding carboxylic acids is 1. The maximum Gasteiger partial charge on any atom is 0.251 e. The largest absolute Gasteiger partial charge is 0.348 e. The maximum atomic E-state index is 12.7. The van der Waals surface area contributed by atoms with Crippen molar-refractivity contribution in [1.82, 2.24) is 19.2 Å². The van der Waals surface area contributed by atoms with Crippen LogP contribution in [-0.4, -0.2) is 41.3 Å². The Bertz CT molecular complexity index is 1080. The molecule has 2 aromatic heterocycles. The number of benzene rings is 1. The van der Waals surface area contributed by atoms with Gasteiger partial charge in [0.25, 0.3) is 5.91 Å². The van der Waals surface area contributed by atoms with Crippen LogP contribution >= 0.6 is 0 Å². The second-order valence-corrected chi connectivity index (χ2v) is 8.81. The Morgan fingerprint density at radius 3 is 2.54 bits per heavy atom. The van der Waals surface area contributed by atoms with Crippen LogP contribution in [0.2, 0.25) is 0 Å². The lowest BCUT2D eigenvalue weighted by Crippen LogP contribution is -2.35. The zero-order chi connectivity index (χ0) is 19.6. The van der Waals surface area contributed by atoms with E-state index in [4.69, 9.17) is 0 Å². The summed E-state index contributed by atoms with van der Waals surface area (Å²) in [6.45, 7) is 1.47. The molecule has 4 rings (SSSR count). The third-order valence-electron chi connectivity index (χ3n) is 5.01. The Hall–Kier alpha value is -2.71. The number of rotatable bonds is 5. The van der Waals surface area contributed by atoms with Crippen LogP contribution in [0, 0.1) is 0 Å². The van der Waals surface area contributed by atoms with Gasteiger partial charge in [0.1, 0.15) is 0 Å². The van der Waals surface area contributed by atoms with Crippen LogP contribution in [0.15, 0.2) is 59.8 Å². The van der Waals surface area contributed by atoms with E-state index in [0.717, 1.165) is 30.3 Å². The predicted octanol–water partition coefficient (Wildman–Crippen LogP) is 2.44. The quantitative estimate of drug-likeness (QED) is 0.716. The van der Waals surface area contributed by atoms with Crippen molar-refractivity contribution in [3.63, 3.8) is 0 Å². The summed E-state index contributed by atoms with van der Waals surface area (Å²) in [7, 11) is -3.49. The first-order valence-electron chi connectivity index (χ1n) is 9.35. The van der Waals surface area contributed by atoms with Crippen molar-refractivity contribution < 1.29 is 13.2 Å². The summed E-state index contributed by atoms with van der Waals surface area (Å²) < 4.78 is 28.7. The molecule has 3 aromatic rings. The molecular weight excluding hydrogens is 376 g/mol. The van der Waals surface area contributed by atoms with Gasteiger partial charge in [-0.2, -0.15) is 9.40 Å². The zero-order valence-electron chi connectivity index (χ0n) is 15.4. The average molecular weight is 398 g/mol. The SMILES string of the molecule is O=C(NCc1cnn2ccccc12)c1ccc(S(=O)(=O)N2CCCCC2)cc1. The molecule has 0 saturated carbocycles. The molecule has 146 valence electrons. The van der Waals surface area contributed by atoms with Gasteiger partial charge in [-0.05, 0) is 49.2 Å². The lowest BCUT2D eigenvalue weighted by Gasteiger charge is -2.25. The predicted molar refractivity (Wildman–Crippen MR) is 105 cm³/mol. The van der Waals surface area contributed by atoms with E-state index in [1.807, 2.05) is 24.4 Å². The Morgan fingerprint density at radius 1 is 1.04 bits per heavy atom. The highest BCUT2D eigenvalue weighted by molar-refractivity contribution is 7.89. The molecule has 0 unspecified atom stereocenters. The van der Waals surface area contributed by atoms with Crippen LogP contribution in [0.5, 0.6) is 0 Å². The molecule has 1 aliphatic heterocycles. The van der Waals surface area contributed by atoms with Gasteiger partial charge in [-0.25, -0.2) is 12.9 Å². The maximum absolute atomic E-state index is 12.7. The third-order valence-corrected chi connectivity index (χ3v) is 6.93. The number of nitrogens with one attached hydrogen (secondary N) is 1. The fraction of sp³-hybridized carbons (Fsp3) is 0.300. The van der Waals surface area contributed by atoms with Crippen LogP contribution in [0.3, 0.4) is 0 Å². The van der Waals surface area contributed by atoms with E-state index in [1.54, 1.807) is 22.8 Å². The average Bonchev–Trinajstić information content (AvgIpc) is 3.16. The number of hydrogen-bond acceptors (Lipinski definition) is 4. The number of pyridine rings is 1. The van der Waals surface area contributed by atoms with Crippen LogP contribution < -0.4 is 5.32 Å². The number of fused-ring (bicyclic) bond motifs is 1. The molecule has 3 heterocycles. The molecule has 0 atom stereocenters. The Kier molecular flexibility index (Phi) is 5.15. The monoisotopic (exact) mass is 398 g/mol. The Balaban J connectivity index is 1.44. The zero-order valence-corrected chi connectivity index (χ0v) is 16.2. The smallest absolute Gasteiger partial charge is 0.251 e. The highest BCUT2D eigenvalue weighted by Gasteiger charge is 2.25. The number of hydrogen-bond donors (Lipinski definition) is 1. The molecule has 0 spiro atoms. The van der Waals surface area contributed by atoms with Gasteiger partial charge in [-0.3, -0.25) is 4.79 Å². The lowest BCUT2D eigenvalue weighted by atomic mass is 10.2. The Labute approximate surface area is 164 Å². The second kappa shape index (κ2) is 7.73. The van der Waals surface area contributed by atoms with Gasteiger partial charge < -0.3 is 5.32 Å². The van der Waals surface area contributed by atoms with Gasteiger partial charge in [0, 0.05) is 37.0 Å². The summed E-state index contributed by atoms with van der Waals surface area (Å²) in [5, 5.41) is 7.11. The van der Waals surface area contributed by atoms with Crippen molar-refractivity contribution in [2.45, 2.75) is 30.7 Å². The van der Waals surface area contributed by atoms with E-state index in [1.165, 1.54) is 16.4 Å². The molecule has 0 radical (unpaired) electrons. The first kappa shape index (κ1) is 18.6. The molecule has 28 heavy (non-hydrogen) atoms. The second-order valence-electron chi connectivity index (χ2n) is 6.87. The molecule has 1 saturated heterocycles. The minimum Gasteiger partial charge on any atom is -0.348 e. The summed E-state index contributed by atoms with van der Waals surface area (Å²) in [6.07, 6.45) is 6.43. The number of carbonyl (C=O) groups is 1. The molecule has 1 fully saturated rings. The minimum atomic E-state index is -3.49. The van der Waals surface area contributed by atoms with E-state index in [0.29, 0.717) is 25.2 Å². The van der Waals surface area contributed by atoms with Crippen molar-refractivity contribution in [2.75, 3.05) is 13.1 Å². The Morgan fingerprint density at radius 2 is 1.79 bits per heavy atom. The third kappa shape index (κ3) is 3.65. The molecule has 7 nitrogen and oxygen atoms in total. The first-order chi connectivity index (χ1) is 13.6. The van der Waals surface area contributed by atoms with Crippen LogP contribution in [0.1, 0.15) is 35.2 Å². The highest BCUT2D eigenvalue weighted by atomic mass is 32.2. The normalized spacial score (nSPS) is 15.6. The standard InChI is InChI=1S/C20H22N4O3S/c25-20(21-14-17-15-22-24-13-5-2-6-19(17)24)16-7-9-18(10-8-16)28(26,27)23-11-3-1-4-12-23/h2,5-10,13,15H,1,3-4,11-12,14H2,(H,21,25). The van der Waals surface area contributed by atoms with E-state index in [9.17, 15) is 13.2 Å². The van der Waals surface area contributed by atoms with E-state index in [2.05, 4.69) is 10.4 Å². The molecule has 1 amide bonds. The van der Waals surface area contributed by atoms with Gasteiger partial charge >= 0.3 is 0 Å². The van der Waals surface area contributed by atoms with Crippen molar-refractivity contribution in [2.24, 2.45) is 0 Å². The summed E-state index contributed by atoms with van der Waals surface area (Å²) >= 11 is 0. The number of piperidine rings is 1. The first-order valence-corrected chi connectivity index (χ1v) is 10.8. The van der Waals surface area contributed by atoms with Crippen molar-refractivity contribution in [1.29, 1.82) is 0 Å². The van der Waals surface area contributed by atoms with Gasteiger partial charge in [0.15, 0.2) is 0 Å². The van der Waals surface area contributed by atoms with Crippen molar-refractivity contribution >= 4 is 21.4 Å². The molecule has 0 bridgehead atoms. The highest BCUT2D eigenvalue weighted by Crippen LogP contribution is 2.21. The van der Waals surface area contributed by atoms with Gasteiger partial charge in [-0.1, -0.05) is 12.5 Å². The van der Waals surface area contributed by atoms with Crippen LogP contribution in [-0.2, 0) is 16.6 Å². The van der Waals surface area contributed by atoms with Gasteiger partial charge in [-0.15, -0.1) is 0 Å². The van der Waals surface area contributed by atoms with Crippen LogP contribution in [0.4, 0.5) is 0 Å². The number of sulfonamides is 1. The fourth-order valence-electron chi connectivity index (χ4n) is 3.43. The summed E-state index contributed by atoms with van der Waals surface area (Å²) in [6, 6.07) is 11.9. The van der Waals surface area contributed by atoms with Gasteiger partial charge in [0.2, 0.25) is 10.0 Å². The summed E-state index contributed by atoms with van der Waals surface area (Å²) in [5.74, 6) is -0.253. The topological polar surface area (TPSA) is 83.8 Å². The van der Waals surface area contributed by atoms with Crippen molar-refractivity contribution in [3.8, 4) is 0 Å². The molecule has 1 aliphatic rings. The van der Waals surface area contributed by atoms with Gasteiger partial charge in [0.05, 0.1) is 16.6 Å². The van der Waals surface area contributed by atoms with E-state index < -0.39 is 10.0 Å². The minimum absolute atomic E-state index is 0.230. The fourth-order valence-corrected chi connectivity index (χ4v) is 4.95. The number of amides is 1. The summed E-state index contributed by atoms with van der Waals surface area (Å²) in [4.78, 5) is 12.7. The number of nitrogens with zero attached hydrogens (tertiary/aromatic N) is 3. The number of aromatic nitrogens is 2. The van der Waals surface area contributed by atoms with E-state index in [-0.39, 0.29) is 10.8 Å². The summed E-state index contributed by atoms with van der Waals surface area (Å²) in [5.41, 5.74) is 2.28. The molecule has 1 aromatic carbocycles. The molecule has 0 aliphatic carbocycles. The van der Waals surface area contributed by atoms with Crippen LogP contribution in [0.25, 0.3) is 5.52 Å². The molecule has 1 N–H and O–H groups in total.